The summed E-state index contributed by atoms with van der Waals surface area (Å²) in [5, 5.41) is 38.4. The number of carboxylic acids is 1. The first-order valence-corrected chi connectivity index (χ1v) is 28.4. The number of Topliss-reactive ketones (excluding diaryl/α,β-unsaturated/α-hetero) is 2. The Morgan fingerprint density at radius 3 is 1.19 bits per heavy atom. The molecule has 0 amide bonds. The van der Waals surface area contributed by atoms with Crippen LogP contribution in [0, 0.1) is 15.4 Å². The lowest BCUT2D eigenvalue weighted by Crippen LogP contribution is -2.60. The summed E-state index contributed by atoms with van der Waals surface area (Å²) >= 11 is 20.0. The molecule has 420 valence electrons. The maximum Gasteiger partial charge on any atom is 0.335 e. The topological polar surface area (TPSA) is 183 Å². The summed E-state index contributed by atoms with van der Waals surface area (Å²) < 4.78 is 7.09. The number of nitrogens with two attached hydrogens (primary N) is 1. The van der Waals surface area contributed by atoms with Gasteiger partial charge in [-0.25, -0.2) is 4.79 Å². The largest absolute Gasteiger partial charge is 0.506 e. The zero-order chi connectivity index (χ0) is 57.7. The molecule has 0 saturated carbocycles. The molecule has 15 heteroatoms. The van der Waals surface area contributed by atoms with Gasteiger partial charge in [-0.3, -0.25) is 9.59 Å². The highest BCUT2D eigenvalue weighted by Gasteiger charge is 2.40. The predicted octanol–water partition coefficient (Wildman–Crippen LogP) is 15.7. The molecular weight excluding hydrogens is 1150 g/mol. The van der Waals surface area contributed by atoms with Crippen molar-refractivity contribution in [2.45, 2.75) is 174 Å². The number of hydrogen-bond donors (Lipinski definition) is 7. The first-order chi connectivity index (χ1) is 35.5. The first kappa shape index (κ1) is 65.3. The molecule has 5 aromatic rings. The second-order valence-corrected chi connectivity index (χ2v) is 27.1. The quantitative estimate of drug-likeness (QED) is 0.0551. The van der Waals surface area contributed by atoms with Crippen molar-refractivity contribution in [1.29, 1.82) is 0 Å². The van der Waals surface area contributed by atoms with E-state index in [1.807, 2.05) is 54.6 Å². The SMILES string of the molecule is CC1(C)CC(CC(=O)c2ccc(O)c(Cl)c2)CC(C)(C)N1.CC1(C)CC(CC(=O)c2ccc(Oc3ccccc3)c(Cl)c2)CC(C)(C)N1.CC1(C)CC(N)CC(C)(C)N1.Ic1ccccc1.O=C(O)c1ccc(O)c(Cl)c1. The van der Waals surface area contributed by atoms with E-state index in [-0.39, 0.29) is 71.9 Å². The Balaban J connectivity index is 0.000000225. The zero-order valence-corrected chi connectivity index (χ0v) is 51.3. The molecule has 0 unspecified atom stereocenters. The van der Waals surface area contributed by atoms with Crippen molar-refractivity contribution in [2.24, 2.45) is 17.6 Å². The molecule has 3 fully saturated rings. The Hall–Kier alpha value is -4.25. The number of aromatic hydroxyl groups is 2. The lowest BCUT2D eigenvalue weighted by Gasteiger charge is -2.46. The standard InChI is InChI=1S/C23H28ClNO2.C17H24ClNO2.C9H20N2.C7H5ClO3.C6H5I/c1-22(2)14-16(15-23(3,4)25-22)12-20(26)17-10-11-21(19(24)13-17)27-18-8-6-5-7-9-18;1-16(2)9-11(10-17(3,4)19-16)7-15(21)12-5-6-14(20)13(18)8-12;1-8(2)5-7(10)6-9(3,4)11-8;8-5-3-4(7(10)11)1-2-6(5)9;7-6-4-2-1-3-5-6/h5-11,13,16,25H,12,14-15H2,1-4H3;5-6,8,11,19-20H,7,9-10H2,1-4H3;7,11H,5-6,10H2,1-4H3;1-3,9H,(H,10,11);1-5H. The Bertz CT molecular complexity index is 2700. The van der Waals surface area contributed by atoms with Gasteiger partial charge in [-0.15, -0.1) is 0 Å². The summed E-state index contributed by atoms with van der Waals surface area (Å²) in [5.74, 6) is 1.07. The van der Waals surface area contributed by atoms with Crippen LogP contribution in [0.2, 0.25) is 15.1 Å². The van der Waals surface area contributed by atoms with E-state index in [2.05, 4.69) is 134 Å². The first-order valence-electron chi connectivity index (χ1n) is 26.2. The van der Waals surface area contributed by atoms with Crippen LogP contribution in [0.5, 0.6) is 23.0 Å². The van der Waals surface area contributed by atoms with Gasteiger partial charge in [0.1, 0.15) is 23.0 Å². The average molecular weight is 1230 g/mol. The number of rotatable bonds is 9. The molecule has 0 radical (unpaired) electrons. The molecule has 5 aromatic carbocycles. The van der Waals surface area contributed by atoms with Gasteiger partial charge in [-0.05, 0) is 235 Å². The molecule has 3 saturated heterocycles. The van der Waals surface area contributed by atoms with Gasteiger partial charge in [0, 0.05) is 66.8 Å². The fourth-order valence-electron chi connectivity index (χ4n) is 11.6. The summed E-state index contributed by atoms with van der Waals surface area (Å²) in [4.78, 5) is 35.6. The number of ketones is 2. The summed E-state index contributed by atoms with van der Waals surface area (Å²) in [5.41, 5.74) is 7.81. The third-order valence-corrected chi connectivity index (χ3v) is 14.8. The molecule has 11 nitrogen and oxygen atoms in total. The summed E-state index contributed by atoms with van der Waals surface area (Å²) in [6.07, 6.45) is 7.17. The van der Waals surface area contributed by atoms with Crippen LogP contribution in [0.1, 0.15) is 166 Å². The summed E-state index contributed by atoms with van der Waals surface area (Å²) in [6, 6.07) is 33.8. The van der Waals surface area contributed by atoms with Crippen molar-refractivity contribution in [2.75, 3.05) is 0 Å². The number of carbonyl (C=O) groups excluding carboxylic acids is 2. The molecule has 0 spiro atoms. The van der Waals surface area contributed by atoms with E-state index in [0.29, 0.717) is 52.6 Å². The predicted molar refractivity (Wildman–Crippen MR) is 325 cm³/mol. The molecule has 77 heavy (non-hydrogen) atoms. The molecular formula is C62H82Cl3IN4O7. The second-order valence-electron chi connectivity index (χ2n) is 24.6. The fraction of sp³-hybridized carbons (Fsp3) is 0.468. The summed E-state index contributed by atoms with van der Waals surface area (Å²) in [7, 11) is 0. The van der Waals surface area contributed by atoms with E-state index < -0.39 is 5.97 Å². The number of halogens is 4. The minimum atomic E-state index is -1.06. The average Bonchev–Trinajstić information content (AvgIpc) is 3.27. The number of hydrogen-bond acceptors (Lipinski definition) is 10. The van der Waals surface area contributed by atoms with Crippen LogP contribution in [0.25, 0.3) is 0 Å². The van der Waals surface area contributed by atoms with Crippen LogP contribution < -0.4 is 26.4 Å². The number of nitrogens with one attached hydrogen (secondary N) is 3. The smallest absolute Gasteiger partial charge is 0.335 e. The van der Waals surface area contributed by atoms with E-state index in [1.54, 1.807) is 24.3 Å². The second kappa shape index (κ2) is 27.8. The van der Waals surface area contributed by atoms with E-state index >= 15 is 0 Å². The highest BCUT2D eigenvalue weighted by atomic mass is 127. The van der Waals surface area contributed by atoms with Crippen molar-refractivity contribution >= 4 is 74.9 Å². The van der Waals surface area contributed by atoms with E-state index in [4.69, 9.17) is 55.5 Å². The number of carboxylic acid groups (broad SMARTS) is 1. The minimum absolute atomic E-state index is 0.0114. The van der Waals surface area contributed by atoms with E-state index in [1.165, 1.54) is 27.8 Å². The number of piperidine rings is 3. The number of ether oxygens (including phenoxy) is 1. The van der Waals surface area contributed by atoms with Crippen molar-refractivity contribution in [3.05, 3.63) is 151 Å². The number of benzene rings is 5. The molecule has 3 heterocycles. The molecule has 0 aromatic heterocycles. The number of carbonyl (C=O) groups is 3. The maximum atomic E-state index is 12.8. The molecule has 0 aliphatic carbocycles. The molecule has 0 atom stereocenters. The van der Waals surface area contributed by atoms with E-state index in [0.717, 1.165) is 44.3 Å². The van der Waals surface area contributed by atoms with Gasteiger partial charge in [-0.2, -0.15) is 0 Å². The fourth-order valence-corrected chi connectivity index (χ4v) is 12.6. The van der Waals surface area contributed by atoms with Crippen molar-refractivity contribution in [3.63, 3.8) is 0 Å². The van der Waals surface area contributed by atoms with Gasteiger partial charge in [0.2, 0.25) is 0 Å². The van der Waals surface area contributed by atoms with Gasteiger partial charge in [-0.1, -0.05) is 71.2 Å². The van der Waals surface area contributed by atoms with Gasteiger partial charge in [0.25, 0.3) is 0 Å². The van der Waals surface area contributed by atoms with Crippen LogP contribution in [0.3, 0.4) is 0 Å². The molecule has 8 N–H and O–H groups in total. The molecule has 3 aliphatic rings. The zero-order valence-electron chi connectivity index (χ0n) is 46.9. The number of para-hydroxylation sites is 1. The van der Waals surface area contributed by atoms with Crippen LogP contribution >= 0.6 is 57.4 Å². The molecule has 8 rings (SSSR count). The third-order valence-electron chi connectivity index (χ3n) is 13.1. The maximum absolute atomic E-state index is 12.8. The van der Waals surface area contributed by atoms with Crippen molar-refractivity contribution in [1.82, 2.24) is 16.0 Å². The van der Waals surface area contributed by atoms with Gasteiger partial charge in [0.05, 0.1) is 20.6 Å². The van der Waals surface area contributed by atoms with Crippen LogP contribution in [-0.4, -0.2) is 72.1 Å². The lowest BCUT2D eigenvalue weighted by molar-refractivity contribution is 0.0695. The number of phenolic OH excluding ortho intramolecular Hbond substituents is 2. The molecule has 3 aliphatic heterocycles. The van der Waals surface area contributed by atoms with Gasteiger partial charge in [0.15, 0.2) is 11.6 Å². The van der Waals surface area contributed by atoms with Crippen LogP contribution in [-0.2, 0) is 0 Å². The number of aromatic carboxylic acids is 1. The van der Waals surface area contributed by atoms with Gasteiger partial charge < -0.3 is 41.7 Å². The Labute approximate surface area is 486 Å². The van der Waals surface area contributed by atoms with Crippen molar-refractivity contribution in [3.8, 4) is 23.0 Å². The van der Waals surface area contributed by atoms with Crippen LogP contribution in [0.4, 0.5) is 0 Å². The highest BCUT2D eigenvalue weighted by molar-refractivity contribution is 14.1. The Kier molecular flexibility index (Phi) is 23.5. The molecule has 0 bridgehead atoms. The van der Waals surface area contributed by atoms with E-state index in [9.17, 15) is 19.5 Å². The highest BCUT2D eigenvalue weighted by Crippen LogP contribution is 2.38. The lowest BCUT2D eigenvalue weighted by atomic mass is 9.74. The third kappa shape index (κ3) is 23.2. The summed E-state index contributed by atoms with van der Waals surface area (Å²) in [6.45, 7) is 26.4. The van der Waals surface area contributed by atoms with Crippen LogP contribution in [0.15, 0.2) is 115 Å². The Morgan fingerprint density at radius 2 is 0.857 bits per heavy atom. The monoisotopic (exact) mass is 1230 g/mol. The Morgan fingerprint density at radius 1 is 0.519 bits per heavy atom. The van der Waals surface area contributed by atoms with Gasteiger partial charge >= 0.3 is 5.97 Å². The van der Waals surface area contributed by atoms with Crippen molar-refractivity contribution < 1.29 is 34.4 Å². The normalized spacial score (nSPS) is 18.9. The minimum Gasteiger partial charge on any atom is -0.506 e. The number of phenols is 2.